The van der Waals surface area contributed by atoms with Crippen LogP contribution in [0.2, 0.25) is 0 Å². The van der Waals surface area contributed by atoms with Crippen LogP contribution in [0.1, 0.15) is 25.3 Å². The van der Waals surface area contributed by atoms with Crippen molar-refractivity contribution in [3.05, 3.63) is 35.9 Å². The lowest BCUT2D eigenvalue weighted by Gasteiger charge is -2.23. The van der Waals surface area contributed by atoms with Crippen LogP contribution in [0.25, 0.3) is 0 Å². The predicted octanol–water partition coefficient (Wildman–Crippen LogP) is 1.48. The van der Waals surface area contributed by atoms with E-state index in [1.807, 2.05) is 30.3 Å². The van der Waals surface area contributed by atoms with Crippen molar-refractivity contribution in [1.82, 2.24) is 10.2 Å². The summed E-state index contributed by atoms with van der Waals surface area (Å²) >= 11 is 0. The average Bonchev–Trinajstić information content (AvgIpc) is 3.14. The van der Waals surface area contributed by atoms with Gasteiger partial charge in [-0.3, -0.25) is 9.59 Å². The number of carbonyl (C=O) groups excluding carboxylic acids is 3. The molecule has 0 bridgehead atoms. The van der Waals surface area contributed by atoms with Crippen molar-refractivity contribution in [3.63, 3.8) is 0 Å². The lowest BCUT2D eigenvalue weighted by molar-refractivity contribution is -0.143. The number of benzene rings is 1. The average molecular weight is 378 g/mol. The zero-order chi connectivity index (χ0) is 19.5. The number of esters is 1. The number of carbonyl (C=O) groups is 3. The fourth-order valence-corrected chi connectivity index (χ4v) is 2.77. The fraction of sp³-hybridized carbons (Fsp3) is 0.526. The molecule has 148 valence electrons. The summed E-state index contributed by atoms with van der Waals surface area (Å²) in [4.78, 5) is 36.7. The van der Waals surface area contributed by atoms with Gasteiger partial charge in [0.2, 0.25) is 5.91 Å². The maximum Gasteiger partial charge on any atom is 0.410 e. The minimum Gasteiger partial charge on any atom is -0.465 e. The predicted molar refractivity (Wildman–Crippen MR) is 96.8 cm³/mol. The first kappa shape index (κ1) is 20.7. The molecule has 1 atom stereocenters. The van der Waals surface area contributed by atoms with E-state index in [0.29, 0.717) is 6.54 Å². The van der Waals surface area contributed by atoms with Crippen molar-refractivity contribution in [2.75, 3.05) is 32.9 Å². The minimum atomic E-state index is -0.492. The Kier molecular flexibility index (Phi) is 8.57. The molecule has 1 aromatic carbocycles. The van der Waals surface area contributed by atoms with Gasteiger partial charge in [0.05, 0.1) is 19.3 Å². The van der Waals surface area contributed by atoms with E-state index in [1.165, 1.54) is 0 Å². The zero-order valence-corrected chi connectivity index (χ0v) is 15.5. The van der Waals surface area contributed by atoms with Crippen LogP contribution in [-0.4, -0.2) is 61.8 Å². The Morgan fingerprint density at radius 3 is 2.70 bits per heavy atom. The van der Waals surface area contributed by atoms with Crippen molar-refractivity contribution in [1.29, 1.82) is 0 Å². The maximum absolute atomic E-state index is 12.3. The molecule has 1 N–H and O–H groups in total. The van der Waals surface area contributed by atoms with Crippen LogP contribution in [0.3, 0.4) is 0 Å². The number of likely N-dealkylation sites (tertiary alicyclic amines) is 1. The first-order valence-corrected chi connectivity index (χ1v) is 9.07. The largest absolute Gasteiger partial charge is 0.465 e. The van der Waals surface area contributed by atoms with Crippen molar-refractivity contribution in [3.8, 4) is 0 Å². The molecular weight excluding hydrogens is 352 g/mol. The van der Waals surface area contributed by atoms with Crippen LogP contribution >= 0.6 is 0 Å². The Morgan fingerprint density at radius 2 is 1.96 bits per heavy atom. The third kappa shape index (κ3) is 7.26. The lowest BCUT2D eigenvalue weighted by atomic mass is 10.2. The highest BCUT2D eigenvalue weighted by Crippen LogP contribution is 2.19. The molecule has 1 heterocycles. The van der Waals surface area contributed by atoms with Gasteiger partial charge >= 0.3 is 12.1 Å². The summed E-state index contributed by atoms with van der Waals surface area (Å²) in [5.41, 5.74) is 0.927. The Labute approximate surface area is 158 Å². The molecule has 0 spiro atoms. The molecule has 0 aliphatic carbocycles. The highest BCUT2D eigenvalue weighted by molar-refractivity contribution is 5.82. The van der Waals surface area contributed by atoms with E-state index in [9.17, 15) is 14.4 Å². The summed E-state index contributed by atoms with van der Waals surface area (Å²) in [6, 6.07) is 9.36. The number of amides is 2. The third-order valence-electron chi connectivity index (χ3n) is 4.10. The van der Waals surface area contributed by atoms with Crippen LogP contribution in [0.15, 0.2) is 30.3 Å². The molecule has 2 rings (SSSR count). The van der Waals surface area contributed by atoms with Gasteiger partial charge in [-0.25, -0.2) is 4.79 Å². The van der Waals surface area contributed by atoms with Gasteiger partial charge in [-0.1, -0.05) is 30.3 Å². The van der Waals surface area contributed by atoms with Gasteiger partial charge in [0, 0.05) is 6.54 Å². The Balaban J connectivity index is 1.67. The highest BCUT2D eigenvalue weighted by atomic mass is 16.6. The van der Waals surface area contributed by atoms with E-state index < -0.39 is 11.9 Å². The molecule has 1 saturated heterocycles. The lowest BCUT2D eigenvalue weighted by Crippen LogP contribution is -2.40. The molecule has 0 aromatic heterocycles. The zero-order valence-electron chi connectivity index (χ0n) is 15.5. The first-order valence-electron chi connectivity index (χ1n) is 9.07. The molecule has 2 amide bonds. The Bertz CT molecular complexity index is 622. The molecule has 0 radical (unpaired) electrons. The van der Waals surface area contributed by atoms with E-state index >= 15 is 0 Å². The van der Waals surface area contributed by atoms with Gasteiger partial charge in [-0.2, -0.15) is 0 Å². The molecule has 1 fully saturated rings. The van der Waals surface area contributed by atoms with Crippen LogP contribution in [0.4, 0.5) is 4.79 Å². The second-order valence-corrected chi connectivity index (χ2v) is 6.13. The van der Waals surface area contributed by atoms with Crippen molar-refractivity contribution >= 4 is 18.0 Å². The van der Waals surface area contributed by atoms with E-state index in [2.05, 4.69) is 5.32 Å². The second-order valence-electron chi connectivity index (χ2n) is 6.13. The van der Waals surface area contributed by atoms with E-state index in [1.54, 1.807) is 11.8 Å². The molecule has 1 aliphatic heterocycles. The van der Waals surface area contributed by atoms with Gasteiger partial charge in [-0.15, -0.1) is 0 Å². The topological polar surface area (TPSA) is 94.2 Å². The summed E-state index contributed by atoms with van der Waals surface area (Å²) in [5.74, 6) is -0.895. The van der Waals surface area contributed by atoms with Gasteiger partial charge in [0.15, 0.2) is 0 Å². The van der Waals surface area contributed by atoms with Gasteiger partial charge in [0.1, 0.15) is 19.8 Å². The molecular formula is C19H26N2O6. The third-order valence-corrected chi connectivity index (χ3v) is 4.10. The first-order chi connectivity index (χ1) is 13.1. The number of hydrogen-bond donors (Lipinski definition) is 1. The molecule has 0 saturated carbocycles. The number of rotatable bonds is 9. The highest BCUT2D eigenvalue weighted by Gasteiger charge is 2.30. The van der Waals surface area contributed by atoms with Gasteiger partial charge in [-0.05, 0) is 25.3 Å². The Hall–Kier alpha value is -2.61. The van der Waals surface area contributed by atoms with Gasteiger partial charge < -0.3 is 24.4 Å². The van der Waals surface area contributed by atoms with Crippen molar-refractivity contribution < 1.29 is 28.6 Å². The van der Waals surface area contributed by atoms with E-state index in [-0.39, 0.29) is 45.1 Å². The van der Waals surface area contributed by atoms with Crippen molar-refractivity contribution in [2.24, 2.45) is 0 Å². The molecule has 1 aromatic rings. The summed E-state index contributed by atoms with van der Waals surface area (Å²) in [5, 5.41) is 2.42. The van der Waals surface area contributed by atoms with E-state index in [0.717, 1.165) is 18.4 Å². The SMILES string of the molecule is CCOC(=O)CNC(=O)COC[C@@H]1CCCN1C(=O)OCc1ccccc1. The number of nitrogens with zero attached hydrogens (tertiary/aromatic N) is 1. The summed E-state index contributed by atoms with van der Waals surface area (Å²) in [6.45, 7) is 2.67. The minimum absolute atomic E-state index is 0.119. The monoisotopic (exact) mass is 378 g/mol. The number of ether oxygens (including phenoxy) is 3. The standard InChI is InChI=1S/C19H26N2O6/c1-2-26-18(23)11-20-17(22)14-25-13-16-9-6-10-21(16)19(24)27-12-15-7-4-3-5-8-15/h3-5,7-8,16H,2,6,9-14H2,1H3,(H,20,22)/t16-/m0/s1. The van der Waals surface area contributed by atoms with Crippen LogP contribution in [-0.2, 0) is 30.4 Å². The fourth-order valence-electron chi connectivity index (χ4n) is 2.77. The van der Waals surface area contributed by atoms with E-state index in [4.69, 9.17) is 14.2 Å². The molecule has 27 heavy (non-hydrogen) atoms. The smallest absolute Gasteiger partial charge is 0.410 e. The second kappa shape index (κ2) is 11.2. The Morgan fingerprint density at radius 1 is 1.19 bits per heavy atom. The van der Waals surface area contributed by atoms with Gasteiger partial charge in [0.25, 0.3) is 0 Å². The maximum atomic E-state index is 12.3. The number of nitrogens with one attached hydrogen (secondary N) is 1. The van der Waals surface area contributed by atoms with Crippen LogP contribution in [0.5, 0.6) is 0 Å². The van der Waals surface area contributed by atoms with Crippen LogP contribution < -0.4 is 5.32 Å². The quantitative estimate of drug-likeness (QED) is 0.654. The summed E-state index contributed by atoms with van der Waals surface area (Å²) in [7, 11) is 0. The molecule has 1 aliphatic rings. The molecule has 0 unspecified atom stereocenters. The van der Waals surface area contributed by atoms with Crippen molar-refractivity contribution in [2.45, 2.75) is 32.4 Å². The molecule has 8 nitrogen and oxygen atoms in total. The summed E-state index contributed by atoms with van der Waals surface area (Å²) in [6.07, 6.45) is 1.28. The normalized spacial score (nSPS) is 16.0. The van der Waals surface area contributed by atoms with Crippen LogP contribution in [0, 0.1) is 0 Å². The summed E-state index contributed by atoms with van der Waals surface area (Å²) < 4.78 is 15.5. The number of hydrogen-bond acceptors (Lipinski definition) is 6. The molecule has 8 heteroatoms.